The first-order valence-corrected chi connectivity index (χ1v) is 5.23. The Kier molecular flexibility index (Phi) is 5.72. The van der Waals surface area contributed by atoms with Crippen LogP contribution in [-0.4, -0.2) is 56.6 Å². The second kappa shape index (κ2) is 5.74. The van der Waals surface area contributed by atoms with Gasteiger partial charge < -0.3 is 30.8 Å². The molecule has 3 atom stereocenters. The molecule has 0 heterocycles. The minimum Gasteiger partial charge on any atom is -0.395 e. The highest BCUT2D eigenvalue weighted by atomic mass is 31.2. The van der Waals surface area contributed by atoms with Gasteiger partial charge in [0.1, 0.15) is 6.10 Å². The summed E-state index contributed by atoms with van der Waals surface area (Å²) in [5, 5.41) is 26.7. The van der Waals surface area contributed by atoms with Crippen molar-refractivity contribution < 1.29 is 34.2 Å². The third-order valence-corrected chi connectivity index (χ3v) is 1.94. The van der Waals surface area contributed by atoms with Gasteiger partial charge in [0.05, 0.1) is 25.4 Å². The monoisotopic (exact) mass is 231 g/mol. The lowest BCUT2D eigenvalue weighted by molar-refractivity contribution is -0.0330. The Morgan fingerprint density at radius 1 is 1.36 bits per heavy atom. The summed E-state index contributed by atoms with van der Waals surface area (Å²) in [6, 6.07) is -1.09. The number of rotatable bonds is 6. The number of nitrogens with two attached hydrogens (primary N) is 1. The zero-order valence-corrected chi connectivity index (χ0v) is 8.12. The molecule has 0 aliphatic carbocycles. The Morgan fingerprint density at radius 3 is 2.21 bits per heavy atom. The summed E-state index contributed by atoms with van der Waals surface area (Å²) in [4.78, 5) is 16.5. The summed E-state index contributed by atoms with van der Waals surface area (Å²) >= 11 is 0. The van der Waals surface area contributed by atoms with Gasteiger partial charge in [-0.25, -0.2) is 4.57 Å². The van der Waals surface area contributed by atoms with Crippen LogP contribution in [-0.2, 0) is 9.09 Å². The van der Waals surface area contributed by atoms with E-state index in [0.29, 0.717) is 0 Å². The van der Waals surface area contributed by atoms with Crippen molar-refractivity contribution in [2.75, 3.05) is 13.2 Å². The lowest BCUT2D eigenvalue weighted by Gasteiger charge is -2.22. The van der Waals surface area contributed by atoms with E-state index in [-0.39, 0.29) is 0 Å². The van der Waals surface area contributed by atoms with Gasteiger partial charge in [0.25, 0.3) is 0 Å². The maximum Gasteiger partial charge on any atom is 0.469 e. The van der Waals surface area contributed by atoms with Crippen molar-refractivity contribution >= 4 is 7.82 Å². The Morgan fingerprint density at radius 2 is 1.86 bits per heavy atom. The van der Waals surface area contributed by atoms with Crippen molar-refractivity contribution in [3.8, 4) is 0 Å². The Hall–Kier alpha value is -0.0500. The second-order valence-electron chi connectivity index (χ2n) is 2.69. The van der Waals surface area contributed by atoms with E-state index in [1.54, 1.807) is 0 Å². The first kappa shape index (κ1) is 13.9. The van der Waals surface area contributed by atoms with E-state index in [0.717, 1.165) is 0 Å². The van der Waals surface area contributed by atoms with E-state index in [2.05, 4.69) is 4.52 Å². The van der Waals surface area contributed by atoms with Crippen LogP contribution in [0.3, 0.4) is 0 Å². The Bertz CT molecular complexity index is 206. The molecule has 0 saturated heterocycles. The molecule has 8 nitrogen and oxygen atoms in total. The number of phosphoric ester groups is 1. The average molecular weight is 231 g/mol. The molecule has 0 aromatic heterocycles. The maximum absolute atomic E-state index is 10.2. The van der Waals surface area contributed by atoms with E-state index < -0.39 is 39.3 Å². The van der Waals surface area contributed by atoms with Gasteiger partial charge in [-0.05, 0) is 0 Å². The molecule has 0 spiro atoms. The standard InChI is InChI=1S/C5H14NO7P/c6-3(1-7)5(9)4(8)2-13-14(10,11)12/h3-5,7-9H,1-2,6H2,(H2,10,11,12)/t3?,4-,5+/m1/s1. The first-order valence-electron chi connectivity index (χ1n) is 3.70. The molecule has 0 aliphatic heterocycles. The van der Waals surface area contributed by atoms with Crippen molar-refractivity contribution in [3.05, 3.63) is 0 Å². The Balaban J connectivity index is 3.96. The van der Waals surface area contributed by atoms with Crippen LogP contribution >= 0.6 is 7.82 Å². The zero-order chi connectivity index (χ0) is 11.4. The molecule has 0 saturated carbocycles. The summed E-state index contributed by atoms with van der Waals surface area (Å²) < 4.78 is 14.1. The van der Waals surface area contributed by atoms with Crippen LogP contribution in [0.2, 0.25) is 0 Å². The van der Waals surface area contributed by atoms with Crippen LogP contribution in [0.1, 0.15) is 0 Å². The largest absolute Gasteiger partial charge is 0.469 e. The van der Waals surface area contributed by atoms with Gasteiger partial charge in [0.15, 0.2) is 0 Å². The van der Waals surface area contributed by atoms with Crippen LogP contribution in [0.5, 0.6) is 0 Å². The van der Waals surface area contributed by atoms with Crippen molar-refractivity contribution in [3.63, 3.8) is 0 Å². The van der Waals surface area contributed by atoms with Gasteiger partial charge >= 0.3 is 7.82 Å². The fourth-order valence-corrected chi connectivity index (χ4v) is 1.01. The number of aliphatic hydroxyl groups excluding tert-OH is 3. The highest BCUT2D eigenvalue weighted by molar-refractivity contribution is 7.46. The van der Waals surface area contributed by atoms with Crippen LogP contribution in [0.25, 0.3) is 0 Å². The third-order valence-electron chi connectivity index (χ3n) is 1.46. The van der Waals surface area contributed by atoms with Crippen molar-refractivity contribution in [2.45, 2.75) is 18.2 Å². The molecule has 0 rings (SSSR count). The van der Waals surface area contributed by atoms with Crippen LogP contribution < -0.4 is 5.73 Å². The second-order valence-corrected chi connectivity index (χ2v) is 3.93. The molecule has 1 unspecified atom stereocenters. The zero-order valence-electron chi connectivity index (χ0n) is 7.22. The molecule has 0 aromatic rings. The van der Waals surface area contributed by atoms with Crippen molar-refractivity contribution in [1.29, 1.82) is 0 Å². The van der Waals surface area contributed by atoms with Crippen LogP contribution in [0, 0.1) is 0 Å². The van der Waals surface area contributed by atoms with Gasteiger partial charge in [-0.3, -0.25) is 4.52 Å². The highest BCUT2D eigenvalue weighted by Gasteiger charge is 2.26. The number of hydrogen-bond donors (Lipinski definition) is 6. The molecule has 0 aromatic carbocycles. The van der Waals surface area contributed by atoms with Gasteiger partial charge in [0.2, 0.25) is 0 Å². The number of aliphatic hydroxyl groups is 3. The predicted octanol–water partition coefficient (Wildman–Crippen LogP) is -2.86. The van der Waals surface area contributed by atoms with Crippen LogP contribution in [0.15, 0.2) is 0 Å². The van der Waals surface area contributed by atoms with Crippen molar-refractivity contribution in [2.24, 2.45) is 5.73 Å². The topological polar surface area (TPSA) is 153 Å². The maximum atomic E-state index is 10.2. The molecule has 14 heavy (non-hydrogen) atoms. The van der Waals surface area contributed by atoms with Gasteiger partial charge in [0, 0.05) is 0 Å². The molecule has 7 N–H and O–H groups in total. The lowest BCUT2D eigenvalue weighted by atomic mass is 10.1. The normalized spacial score (nSPS) is 19.0. The average Bonchev–Trinajstić information content (AvgIpc) is 2.10. The highest BCUT2D eigenvalue weighted by Crippen LogP contribution is 2.35. The molecule has 9 heteroatoms. The first-order chi connectivity index (χ1) is 6.28. The molecule has 0 aliphatic rings. The molecular formula is C5H14NO7P. The number of phosphoric acid groups is 1. The van der Waals surface area contributed by atoms with Gasteiger partial charge in [-0.15, -0.1) is 0 Å². The van der Waals surface area contributed by atoms with Gasteiger partial charge in [-0.2, -0.15) is 0 Å². The van der Waals surface area contributed by atoms with E-state index in [9.17, 15) is 4.57 Å². The molecule has 0 radical (unpaired) electrons. The summed E-state index contributed by atoms with van der Waals surface area (Å²) in [5.74, 6) is 0. The molecule has 0 amide bonds. The van der Waals surface area contributed by atoms with E-state index in [4.69, 9.17) is 30.8 Å². The summed E-state index contributed by atoms with van der Waals surface area (Å²) in [6.45, 7) is -1.33. The van der Waals surface area contributed by atoms with Gasteiger partial charge in [-0.1, -0.05) is 0 Å². The summed E-state index contributed by atoms with van der Waals surface area (Å²) in [7, 11) is -4.67. The summed E-state index contributed by atoms with van der Waals surface area (Å²) in [6.07, 6.45) is -3.07. The number of hydrogen-bond acceptors (Lipinski definition) is 6. The van der Waals surface area contributed by atoms with E-state index in [1.807, 2.05) is 0 Å². The SMILES string of the molecule is NC(CO)[C@H](O)[C@H](O)COP(=O)(O)O. The molecule has 0 fully saturated rings. The Labute approximate surface area is 80.2 Å². The smallest absolute Gasteiger partial charge is 0.395 e. The molecular weight excluding hydrogens is 217 g/mol. The summed E-state index contributed by atoms with van der Waals surface area (Å²) in [5.41, 5.74) is 5.15. The molecule has 0 bridgehead atoms. The van der Waals surface area contributed by atoms with Crippen LogP contribution in [0.4, 0.5) is 0 Å². The van der Waals surface area contributed by atoms with Crippen molar-refractivity contribution in [1.82, 2.24) is 0 Å². The molecule has 86 valence electrons. The van der Waals surface area contributed by atoms with E-state index >= 15 is 0 Å². The lowest BCUT2D eigenvalue weighted by Crippen LogP contribution is -2.46. The minimum atomic E-state index is -4.67. The fourth-order valence-electron chi connectivity index (χ4n) is 0.665. The minimum absolute atomic E-state index is 0.561. The van der Waals surface area contributed by atoms with E-state index in [1.165, 1.54) is 0 Å². The quantitative estimate of drug-likeness (QED) is 0.267. The third kappa shape index (κ3) is 5.63. The fraction of sp³-hybridized carbons (Fsp3) is 1.00. The predicted molar refractivity (Wildman–Crippen MR) is 45.1 cm³/mol.